The molecule has 0 atom stereocenters. The van der Waals surface area contributed by atoms with E-state index >= 15 is 0 Å². The number of nitrogens with zero attached hydrogens (tertiary/aromatic N) is 1. The average Bonchev–Trinajstić information content (AvgIpc) is 2.65. The first-order chi connectivity index (χ1) is 13.6. The van der Waals surface area contributed by atoms with Crippen LogP contribution in [0.2, 0.25) is 6.82 Å². The molecular weight excluding hydrogens is 367 g/mol. The summed E-state index contributed by atoms with van der Waals surface area (Å²) in [4.78, 5) is 14.0. The summed E-state index contributed by atoms with van der Waals surface area (Å²) in [5, 5.41) is 13.5. The lowest BCUT2D eigenvalue weighted by molar-refractivity contribution is 0.0179. The number of ether oxygens (including phenoxy) is 2. The van der Waals surface area contributed by atoms with Crippen molar-refractivity contribution in [2.24, 2.45) is 0 Å². The van der Waals surface area contributed by atoms with Crippen LogP contribution in [0, 0.1) is 0 Å². The van der Waals surface area contributed by atoms with E-state index in [4.69, 9.17) is 9.47 Å². The van der Waals surface area contributed by atoms with E-state index in [0.29, 0.717) is 19.2 Å². The molecule has 0 saturated heterocycles. The Kier molecular flexibility index (Phi) is 8.40. The molecule has 1 saturated carbocycles. The van der Waals surface area contributed by atoms with E-state index in [0.717, 1.165) is 42.5 Å². The summed E-state index contributed by atoms with van der Waals surface area (Å²) >= 11 is 0. The standard InChI is InChI=1S/C22H37BN2O4/c1-7-28-20-13-8-17(23(5)27)14-16(20)15-24-18-9-11-19(12-10-18)25(6)21(26)29-22(2,3)4/h8,13-14,18-19,24,27H,7,9-12,15H2,1-6H3/t18-,19-. The second-order valence-corrected chi connectivity index (χ2v) is 8.95. The van der Waals surface area contributed by atoms with E-state index in [-0.39, 0.29) is 12.1 Å². The number of hydrogen-bond acceptors (Lipinski definition) is 5. The van der Waals surface area contributed by atoms with Crippen LogP contribution in [0.5, 0.6) is 5.75 Å². The highest BCUT2D eigenvalue weighted by Crippen LogP contribution is 2.25. The van der Waals surface area contributed by atoms with Gasteiger partial charge in [0.25, 0.3) is 0 Å². The van der Waals surface area contributed by atoms with Gasteiger partial charge in [0.1, 0.15) is 11.4 Å². The molecule has 0 bridgehead atoms. The fraction of sp³-hybridized carbons (Fsp3) is 0.682. The quantitative estimate of drug-likeness (QED) is 0.684. The summed E-state index contributed by atoms with van der Waals surface area (Å²) in [5.74, 6) is 0.864. The smallest absolute Gasteiger partial charge is 0.410 e. The summed E-state index contributed by atoms with van der Waals surface area (Å²) in [6, 6.07) is 6.50. The first-order valence-electron chi connectivity index (χ1n) is 10.7. The number of nitrogens with one attached hydrogen (secondary N) is 1. The molecule has 0 aliphatic heterocycles. The van der Waals surface area contributed by atoms with Crippen LogP contribution in [0.1, 0.15) is 58.9 Å². The topological polar surface area (TPSA) is 71.0 Å². The largest absolute Gasteiger partial charge is 0.494 e. The van der Waals surface area contributed by atoms with Crippen molar-refractivity contribution < 1.29 is 19.3 Å². The Morgan fingerprint density at radius 2 is 1.93 bits per heavy atom. The molecule has 1 aromatic rings. The zero-order valence-electron chi connectivity index (χ0n) is 18.8. The number of carbonyl (C=O) groups excluding carboxylic acids is 1. The van der Waals surface area contributed by atoms with Crippen molar-refractivity contribution in [2.45, 2.75) is 84.4 Å². The molecule has 2 rings (SSSR count). The minimum Gasteiger partial charge on any atom is -0.494 e. The van der Waals surface area contributed by atoms with E-state index in [1.54, 1.807) is 11.7 Å². The van der Waals surface area contributed by atoms with Crippen molar-refractivity contribution in [1.29, 1.82) is 0 Å². The molecule has 29 heavy (non-hydrogen) atoms. The highest BCUT2D eigenvalue weighted by molar-refractivity contribution is 6.64. The zero-order valence-corrected chi connectivity index (χ0v) is 18.8. The van der Waals surface area contributed by atoms with E-state index in [2.05, 4.69) is 5.32 Å². The van der Waals surface area contributed by atoms with Gasteiger partial charge in [0, 0.05) is 31.2 Å². The fourth-order valence-electron chi connectivity index (χ4n) is 3.70. The number of benzene rings is 1. The van der Waals surface area contributed by atoms with Gasteiger partial charge in [-0.15, -0.1) is 0 Å². The molecule has 7 heteroatoms. The molecule has 6 nitrogen and oxygen atoms in total. The summed E-state index contributed by atoms with van der Waals surface area (Å²) < 4.78 is 11.2. The van der Waals surface area contributed by atoms with Gasteiger partial charge >= 0.3 is 13.0 Å². The van der Waals surface area contributed by atoms with Gasteiger partial charge in [0.15, 0.2) is 0 Å². The third kappa shape index (κ3) is 7.23. The highest BCUT2D eigenvalue weighted by atomic mass is 16.6. The minimum absolute atomic E-state index is 0.223. The maximum atomic E-state index is 12.3. The van der Waals surface area contributed by atoms with Crippen molar-refractivity contribution in [3.63, 3.8) is 0 Å². The number of rotatable bonds is 7. The lowest BCUT2D eigenvalue weighted by Crippen LogP contribution is -2.45. The Morgan fingerprint density at radius 3 is 2.48 bits per heavy atom. The predicted molar refractivity (Wildman–Crippen MR) is 118 cm³/mol. The summed E-state index contributed by atoms with van der Waals surface area (Å²) in [5.41, 5.74) is 1.49. The Balaban J connectivity index is 1.88. The third-order valence-electron chi connectivity index (χ3n) is 5.37. The van der Waals surface area contributed by atoms with Gasteiger partial charge in [0.05, 0.1) is 6.61 Å². The van der Waals surface area contributed by atoms with Gasteiger partial charge in [-0.2, -0.15) is 0 Å². The zero-order chi connectivity index (χ0) is 21.6. The first kappa shape index (κ1) is 23.6. The third-order valence-corrected chi connectivity index (χ3v) is 5.37. The van der Waals surface area contributed by atoms with Crippen LogP contribution in [0.3, 0.4) is 0 Å². The predicted octanol–water partition coefficient (Wildman–Crippen LogP) is 3.17. The number of hydrogen-bond donors (Lipinski definition) is 2. The van der Waals surface area contributed by atoms with E-state index in [1.165, 1.54) is 0 Å². The minimum atomic E-state index is -0.497. The molecule has 0 aromatic heterocycles. The molecule has 0 spiro atoms. The molecule has 2 N–H and O–H groups in total. The molecule has 0 heterocycles. The van der Waals surface area contributed by atoms with Gasteiger partial charge in [-0.25, -0.2) is 4.79 Å². The number of amides is 1. The van der Waals surface area contributed by atoms with Gasteiger partial charge in [0.2, 0.25) is 0 Å². The number of carbonyl (C=O) groups is 1. The molecule has 0 radical (unpaired) electrons. The first-order valence-corrected chi connectivity index (χ1v) is 10.7. The van der Waals surface area contributed by atoms with Crippen LogP contribution < -0.4 is 15.5 Å². The van der Waals surface area contributed by atoms with Crippen LogP contribution in [0.25, 0.3) is 0 Å². The van der Waals surface area contributed by atoms with Crippen molar-refractivity contribution in [3.8, 4) is 5.75 Å². The molecule has 1 amide bonds. The summed E-state index contributed by atoms with van der Waals surface area (Å²) in [6.07, 6.45) is 3.69. The lowest BCUT2D eigenvalue weighted by atomic mass is 9.64. The molecule has 1 fully saturated rings. The summed E-state index contributed by atoms with van der Waals surface area (Å²) in [6.45, 7) is 10.2. The fourth-order valence-corrected chi connectivity index (χ4v) is 3.70. The van der Waals surface area contributed by atoms with Crippen LogP contribution in [-0.4, -0.2) is 54.3 Å². The molecule has 1 aliphatic rings. The van der Waals surface area contributed by atoms with E-state index < -0.39 is 12.5 Å². The van der Waals surface area contributed by atoms with Gasteiger partial charge in [-0.1, -0.05) is 19.0 Å². The van der Waals surface area contributed by atoms with Gasteiger partial charge < -0.3 is 24.7 Å². The Bertz CT molecular complexity index is 667. The van der Waals surface area contributed by atoms with Crippen LogP contribution >= 0.6 is 0 Å². The van der Waals surface area contributed by atoms with E-state index in [1.807, 2.05) is 52.9 Å². The van der Waals surface area contributed by atoms with Crippen LogP contribution in [0.15, 0.2) is 18.2 Å². The second-order valence-electron chi connectivity index (χ2n) is 8.95. The van der Waals surface area contributed by atoms with Gasteiger partial charge in [-0.05, 0) is 64.9 Å². The maximum absolute atomic E-state index is 12.3. The molecular formula is C22H37BN2O4. The lowest BCUT2D eigenvalue weighted by Gasteiger charge is -2.36. The SMILES string of the molecule is CCOc1ccc(B(C)O)cc1CN[C@H]1CC[C@H](N(C)C(=O)OC(C)(C)C)CC1. The normalized spacial score (nSPS) is 19.6. The Labute approximate surface area is 176 Å². The molecule has 1 aliphatic carbocycles. The van der Waals surface area contributed by atoms with Gasteiger partial charge in [-0.3, -0.25) is 0 Å². The second kappa shape index (κ2) is 10.3. The Hall–Kier alpha value is -1.73. The summed E-state index contributed by atoms with van der Waals surface area (Å²) in [7, 11) is 1.84. The van der Waals surface area contributed by atoms with Crippen molar-refractivity contribution >= 4 is 18.5 Å². The Morgan fingerprint density at radius 1 is 1.28 bits per heavy atom. The van der Waals surface area contributed by atoms with Crippen molar-refractivity contribution in [2.75, 3.05) is 13.7 Å². The van der Waals surface area contributed by atoms with Crippen LogP contribution in [-0.2, 0) is 11.3 Å². The van der Waals surface area contributed by atoms with Crippen molar-refractivity contribution in [3.05, 3.63) is 23.8 Å². The molecule has 162 valence electrons. The maximum Gasteiger partial charge on any atom is 0.410 e. The monoisotopic (exact) mass is 404 g/mol. The molecule has 1 aromatic carbocycles. The van der Waals surface area contributed by atoms with Crippen LogP contribution in [0.4, 0.5) is 4.79 Å². The molecule has 0 unspecified atom stereocenters. The van der Waals surface area contributed by atoms with E-state index in [9.17, 15) is 9.82 Å². The average molecular weight is 404 g/mol. The highest BCUT2D eigenvalue weighted by Gasteiger charge is 2.29. The van der Waals surface area contributed by atoms with Crippen molar-refractivity contribution in [1.82, 2.24) is 10.2 Å².